The van der Waals surface area contributed by atoms with Crippen molar-refractivity contribution in [1.82, 2.24) is 26.6 Å². The maximum absolute atomic E-state index is 11.6. The summed E-state index contributed by atoms with van der Waals surface area (Å²) in [7, 11) is 0. The van der Waals surface area contributed by atoms with Crippen molar-refractivity contribution in [2.24, 2.45) is 11.7 Å². The monoisotopic (exact) mass is 316 g/mol. The summed E-state index contributed by atoms with van der Waals surface area (Å²) in [5, 5.41) is 13.1. The molecule has 7 N–H and O–H groups in total. The van der Waals surface area contributed by atoms with E-state index in [0.29, 0.717) is 12.5 Å². The van der Waals surface area contributed by atoms with E-state index in [2.05, 4.69) is 26.6 Å². The molecule has 0 radical (unpaired) electrons. The van der Waals surface area contributed by atoms with Crippen molar-refractivity contribution in [2.45, 2.75) is 39.8 Å². The van der Waals surface area contributed by atoms with E-state index in [1.165, 1.54) is 0 Å². The minimum Gasteiger partial charge on any atom is -0.352 e. The van der Waals surface area contributed by atoms with E-state index < -0.39 is 6.03 Å². The molecular weight excluding hydrogens is 288 g/mol. The van der Waals surface area contributed by atoms with Crippen molar-refractivity contribution < 1.29 is 14.4 Å². The molecule has 0 aliphatic carbocycles. The van der Waals surface area contributed by atoms with Crippen molar-refractivity contribution in [3.63, 3.8) is 0 Å². The van der Waals surface area contributed by atoms with Gasteiger partial charge < -0.3 is 32.3 Å². The zero-order valence-corrected chi connectivity index (χ0v) is 13.7. The molecule has 22 heavy (non-hydrogen) atoms. The van der Waals surface area contributed by atoms with E-state index in [1.807, 2.05) is 13.8 Å². The maximum Gasteiger partial charge on any atom is 0.315 e. The Bertz CT molecular complexity index is 375. The highest BCUT2D eigenvalue weighted by atomic mass is 16.2. The summed E-state index contributed by atoms with van der Waals surface area (Å²) >= 11 is 0. The lowest BCUT2D eigenvalue weighted by Crippen LogP contribution is -2.51. The van der Waals surface area contributed by atoms with Crippen LogP contribution in [0.3, 0.4) is 0 Å². The first-order valence-corrected chi connectivity index (χ1v) is 7.32. The van der Waals surface area contributed by atoms with Crippen molar-refractivity contribution >= 4 is 18.1 Å². The molecule has 0 saturated carbocycles. The number of nitrogens with one attached hydrogen (secondary N) is 5. The minimum absolute atomic E-state index is 0.211. The van der Waals surface area contributed by atoms with Crippen molar-refractivity contribution in [1.29, 1.82) is 0 Å². The van der Waals surface area contributed by atoms with E-state index in [-0.39, 0.29) is 37.2 Å². The molecule has 0 saturated heterocycles. The quantitative estimate of drug-likeness (QED) is 0.366. The number of carbonyl (C=O) groups is 3. The van der Waals surface area contributed by atoms with Gasteiger partial charge in [0.2, 0.25) is 0 Å². The SMILES string of the molecule is CC(C)CNC(=O)N[C@@H](C)CNC(=O)N[C@@H](C)CNC(N)=O. The Morgan fingerprint density at radius 3 is 1.59 bits per heavy atom. The Morgan fingerprint density at radius 2 is 1.18 bits per heavy atom. The van der Waals surface area contributed by atoms with Crippen LogP contribution in [0, 0.1) is 5.92 Å². The Balaban J connectivity index is 3.84. The molecule has 6 amide bonds. The molecule has 0 rings (SSSR count). The Labute approximate surface area is 131 Å². The van der Waals surface area contributed by atoms with Crippen LogP contribution in [-0.4, -0.2) is 49.8 Å². The topological polar surface area (TPSA) is 137 Å². The van der Waals surface area contributed by atoms with E-state index in [4.69, 9.17) is 5.73 Å². The fourth-order valence-electron chi connectivity index (χ4n) is 1.45. The summed E-state index contributed by atoms with van der Waals surface area (Å²) in [5.41, 5.74) is 4.94. The first-order chi connectivity index (χ1) is 10.2. The summed E-state index contributed by atoms with van der Waals surface area (Å²) in [4.78, 5) is 33.7. The van der Waals surface area contributed by atoms with E-state index in [9.17, 15) is 14.4 Å². The van der Waals surface area contributed by atoms with Gasteiger partial charge in [-0.1, -0.05) is 13.8 Å². The smallest absolute Gasteiger partial charge is 0.315 e. The lowest BCUT2D eigenvalue weighted by atomic mass is 10.2. The molecule has 2 atom stereocenters. The van der Waals surface area contributed by atoms with Crippen LogP contribution in [0.1, 0.15) is 27.7 Å². The highest BCUT2D eigenvalue weighted by molar-refractivity contribution is 5.75. The van der Waals surface area contributed by atoms with Gasteiger partial charge in [0, 0.05) is 31.7 Å². The third-order valence-electron chi connectivity index (χ3n) is 2.58. The lowest BCUT2D eigenvalue weighted by molar-refractivity contribution is 0.230. The third kappa shape index (κ3) is 11.6. The third-order valence-corrected chi connectivity index (χ3v) is 2.58. The lowest BCUT2D eigenvalue weighted by Gasteiger charge is -2.18. The van der Waals surface area contributed by atoms with Gasteiger partial charge in [0.05, 0.1) is 0 Å². The second kappa shape index (κ2) is 10.5. The minimum atomic E-state index is -0.640. The van der Waals surface area contributed by atoms with Gasteiger partial charge in [-0.2, -0.15) is 0 Å². The summed E-state index contributed by atoms with van der Waals surface area (Å²) in [6.45, 7) is 8.65. The van der Waals surface area contributed by atoms with Crippen LogP contribution in [0.4, 0.5) is 14.4 Å². The van der Waals surface area contributed by atoms with Crippen molar-refractivity contribution in [3.8, 4) is 0 Å². The average Bonchev–Trinajstić information content (AvgIpc) is 2.40. The zero-order valence-electron chi connectivity index (χ0n) is 13.7. The first-order valence-electron chi connectivity index (χ1n) is 7.32. The largest absolute Gasteiger partial charge is 0.352 e. The molecule has 9 nitrogen and oxygen atoms in total. The van der Waals surface area contributed by atoms with Gasteiger partial charge in [-0.25, -0.2) is 14.4 Å². The van der Waals surface area contributed by atoms with Crippen LogP contribution in [0.15, 0.2) is 0 Å². The number of hydrogen-bond acceptors (Lipinski definition) is 3. The fraction of sp³-hybridized carbons (Fsp3) is 0.769. The number of amides is 6. The van der Waals surface area contributed by atoms with Crippen LogP contribution in [0.2, 0.25) is 0 Å². The van der Waals surface area contributed by atoms with Crippen LogP contribution >= 0.6 is 0 Å². The van der Waals surface area contributed by atoms with Gasteiger partial charge in [-0.15, -0.1) is 0 Å². The molecule has 0 aromatic carbocycles. The van der Waals surface area contributed by atoms with Crippen LogP contribution in [-0.2, 0) is 0 Å². The van der Waals surface area contributed by atoms with Crippen LogP contribution in [0.5, 0.6) is 0 Å². The van der Waals surface area contributed by atoms with Crippen LogP contribution < -0.4 is 32.3 Å². The summed E-state index contributed by atoms with van der Waals surface area (Å²) in [6, 6.07) is -1.75. The molecule has 0 unspecified atom stereocenters. The molecule has 0 spiro atoms. The summed E-state index contributed by atoms with van der Waals surface area (Å²) < 4.78 is 0. The normalized spacial score (nSPS) is 13.0. The highest BCUT2D eigenvalue weighted by Crippen LogP contribution is 1.87. The number of urea groups is 3. The molecule has 0 aliphatic rings. The maximum atomic E-state index is 11.6. The Kier molecular flexibility index (Phi) is 9.48. The molecule has 0 aromatic heterocycles. The van der Waals surface area contributed by atoms with Gasteiger partial charge in [-0.05, 0) is 19.8 Å². The van der Waals surface area contributed by atoms with Gasteiger partial charge in [-0.3, -0.25) is 0 Å². The average molecular weight is 316 g/mol. The van der Waals surface area contributed by atoms with Gasteiger partial charge in [0.1, 0.15) is 0 Å². The summed E-state index contributed by atoms with van der Waals surface area (Å²) in [6.07, 6.45) is 0. The molecule has 0 aliphatic heterocycles. The number of rotatable bonds is 8. The number of nitrogens with two attached hydrogens (primary N) is 1. The molecule has 9 heteroatoms. The Morgan fingerprint density at radius 1 is 0.773 bits per heavy atom. The van der Waals surface area contributed by atoms with Gasteiger partial charge in [0.15, 0.2) is 0 Å². The fourth-order valence-corrected chi connectivity index (χ4v) is 1.45. The summed E-state index contributed by atoms with van der Waals surface area (Å²) in [5.74, 6) is 0.375. The predicted molar refractivity (Wildman–Crippen MR) is 84.4 cm³/mol. The predicted octanol–water partition coefficient (Wildman–Crippen LogP) is -0.314. The van der Waals surface area contributed by atoms with Gasteiger partial charge >= 0.3 is 18.1 Å². The van der Waals surface area contributed by atoms with E-state index >= 15 is 0 Å². The molecule has 0 bridgehead atoms. The molecule has 0 fully saturated rings. The standard InChI is InChI=1S/C13H28N6O3/c1-8(2)5-16-12(21)19-10(4)7-17-13(22)18-9(3)6-15-11(14)20/h8-10H,5-7H2,1-4H3,(H3,14,15,20)(H2,16,19,21)(H2,17,18,22)/t9-,10-/m0/s1. The number of primary amides is 1. The van der Waals surface area contributed by atoms with E-state index in [1.54, 1.807) is 13.8 Å². The van der Waals surface area contributed by atoms with Crippen molar-refractivity contribution in [3.05, 3.63) is 0 Å². The van der Waals surface area contributed by atoms with Crippen LogP contribution in [0.25, 0.3) is 0 Å². The zero-order chi connectivity index (χ0) is 17.1. The molecule has 0 aromatic rings. The first kappa shape index (κ1) is 19.8. The second-order valence-electron chi connectivity index (χ2n) is 5.65. The number of hydrogen-bond donors (Lipinski definition) is 6. The van der Waals surface area contributed by atoms with Crippen molar-refractivity contribution in [2.75, 3.05) is 19.6 Å². The number of carbonyl (C=O) groups excluding carboxylic acids is 3. The molecule has 0 heterocycles. The molecular formula is C13H28N6O3. The Hall–Kier alpha value is -2.19. The highest BCUT2D eigenvalue weighted by Gasteiger charge is 2.11. The van der Waals surface area contributed by atoms with Gasteiger partial charge in [0.25, 0.3) is 0 Å². The molecule has 128 valence electrons. The van der Waals surface area contributed by atoms with E-state index in [0.717, 1.165) is 0 Å². The second-order valence-corrected chi connectivity index (χ2v) is 5.65.